The highest BCUT2D eigenvalue weighted by Crippen LogP contribution is 2.15. The number of carbonyl (C=O) groups excluding carboxylic acids is 1. The molecule has 0 aliphatic heterocycles. The van der Waals surface area contributed by atoms with Crippen molar-refractivity contribution in [1.29, 1.82) is 0 Å². The van der Waals surface area contributed by atoms with Crippen molar-refractivity contribution in [3.8, 4) is 5.75 Å². The number of halogens is 2. The quantitative estimate of drug-likeness (QED) is 0.741. The summed E-state index contributed by atoms with van der Waals surface area (Å²) in [5.74, 6) is 0.821. The van der Waals surface area contributed by atoms with E-state index in [4.69, 9.17) is 4.74 Å². The maximum Gasteiger partial charge on any atom is 0.224 e. The maximum absolute atomic E-state index is 11.6. The largest absolute Gasteiger partial charge is 0.492 e. The van der Waals surface area contributed by atoms with Gasteiger partial charge in [0.15, 0.2) is 0 Å². The van der Waals surface area contributed by atoms with Gasteiger partial charge >= 0.3 is 0 Å². The second-order valence-corrected chi connectivity index (χ2v) is 4.97. The second kappa shape index (κ2) is 10.1. The van der Waals surface area contributed by atoms with E-state index in [1.165, 1.54) is 0 Å². The molecule has 1 atom stereocenters. The molecule has 0 fully saturated rings. The van der Waals surface area contributed by atoms with Crippen LogP contribution < -0.4 is 15.4 Å². The van der Waals surface area contributed by atoms with E-state index >= 15 is 0 Å². The molecule has 1 unspecified atom stereocenters. The van der Waals surface area contributed by atoms with Gasteiger partial charge in [-0.3, -0.25) is 4.79 Å². The first-order valence-electron chi connectivity index (χ1n) is 5.94. The van der Waals surface area contributed by atoms with Crippen LogP contribution in [0, 0.1) is 5.92 Å². The van der Waals surface area contributed by atoms with Gasteiger partial charge < -0.3 is 15.4 Å². The third-order valence-corrected chi connectivity index (χ3v) is 2.97. The van der Waals surface area contributed by atoms with E-state index in [9.17, 15) is 4.79 Å². The summed E-state index contributed by atoms with van der Waals surface area (Å²) >= 11 is 3.36. The number of nitrogens with one attached hydrogen (secondary N) is 2. The van der Waals surface area contributed by atoms with Gasteiger partial charge in [0.25, 0.3) is 0 Å². The molecule has 0 saturated carbocycles. The molecule has 1 rings (SSSR count). The number of ether oxygens (including phenoxy) is 1. The monoisotopic (exact) mass is 350 g/mol. The summed E-state index contributed by atoms with van der Waals surface area (Å²) in [5.41, 5.74) is 0. The number of benzene rings is 1. The summed E-state index contributed by atoms with van der Waals surface area (Å²) in [6.45, 7) is 3.56. The van der Waals surface area contributed by atoms with Crippen LogP contribution in [-0.2, 0) is 4.79 Å². The van der Waals surface area contributed by atoms with E-state index in [0.717, 1.165) is 10.2 Å². The van der Waals surface area contributed by atoms with E-state index in [0.29, 0.717) is 19.7 Å². The van der Waals surface area contributed by atoms with Gasteiger partial charge in [0.05, 0.1) is 6.54 Å². The Morgan fingerprint density at radius 3 is 2.58 bits per heavy atom. The Kier molecular flexibility index (Phi) is 9.65. The van der Waals surface area contributed by atoms with Crippen molar-refractivity contribution in [1.82, 2.24) is 10.6 Å². The summed E-state index contributed by atoms with van der Waals surface area (Å²) in [4.78, 5) is 11.6. The van der Waals surface area contributed by atoms with Crippen LogP contribution >= 0.6 is 28.3 Å². The molecule has 4 nitrogen and oxygen atoms in total. The number of hydrogen-bond acceptors (Lipinski definition) is 3. The lowest BCUT2D eigenvalue weighted by molar-refractivity contribution is -0.124. The number of amides is 1. The molecule has 0 spiro atoms. The topological polar surface area (TPSA) is 50.4 Å². The van der Waals surface area contributed by atoms with Crippen molar-refractivity contribution in [2.75, 3.05) is 26.7 Å². The van der Waals surface area contributed by atoms with Gasteiger partial charge in [-0.1, -0.05) is 22.9 Å². The molecule has 1 amide bonds. The van der Waals surface area contributed by atoms with Gasteiger partial charge in [0.1, 0.15) is 12.4 Å². The van der Waals surface area contributed by atoms with Crippen molar-refractivity contribution < 1.29 is 9.53 Å². The van der Waals surface area contributed by atoms with Crippen molar-refractivity contribution in [3.05, 3.63) is 28.7 Å². The van der Waals surface area contributed by atoms with Gasteiger partial charge in [-0.25, -0.2) is 0 Å². The lowest BCUT2D eigenvalue weighted by Gasteiger charge is -2.12. The highest BCUT2D eigenvalue weighted by molar-refractivity contribution is 9.10. The second-order valence-electron chi connectivity index (χ2n) is 4.05. The van der Waals surface area contributed by atoms with Crippen LogP contribution in [0.15, 0.2) is 28.7 Å². The summed E-state index contributed by atoms with van der Waals surface area (Å²) in [6.07, 6.45) is 0. The van der Waals surface area contributed by atoms with Gasteiger partial charge in [-0.2, -0.15) is 0 Å². The Balaban J connectivity index is 0.00000324. The molecule has 0 bridgehead atoms. The fourth-order valence-electron chi connectivity index (χ4n) is 1.45. The van der Waals surface area contributed by atoms with E-state index in [-0.39, 0.29) is 24.2 Å². The van der Waals surface area contributed by atoms with Gasteiger partial charge in [-0.15, -0.1) is 12.4 Å². The molecule has 6 heteroatoms. The molecular formula is C13H20BrClN2O2. The Bertz CT molecular complexity index is 373. The molecule has 0 aliphatic rings. The minimum Gasteiger partial charge on any atom is -0.492 e. The van der Waals surface area contributed by atoms with Crippen molar-refractivity contribution in [3.63, 3.8) is 0 Å². The van der Waals surface area contributed by atoms with E-state index in [2.05, 4.69) is 26.6 Å². The van der Waals surface area contributed by atoms with Gasteiger partial charge in [0, 0.05) is 16.9 Å². The Morgan fingerprint density at radius 2 is 2.00 bits per heavy atom. The molecule has 108 valence electrons. The summed E-state index contributed by atoms with van der Waals surface area (Å²) in [6, 6.07) is 7.61. The van der Waals surface area contributed by atoms with Crippen molar-refractivity contribution >= 4 is 34.2 Å². The van der Waals surface area contributed by atoms with Crippen LogP contribution in [0.25, 0.3) is 0 Å². The molecule has 0 radical (unpaired) electrons. The van der Waals surface area contributed by atoms with Crippen LogP contribution in [0.3, 0.4) is 0 Å². The maximum atomic E-state index is 11.6. The van der Waals surface area contributed by atoms with Crippen LogP contribution in [0.1, 0.15) is 6.92 Å². The molecular weight excluding hydrogens is 332 g/mol. The first kappa shape index (κ1) is 18.2. The lowest BCUT2D eigenvalue weighted by atomic mass is 10.1. The highest BCUT2D eigenvalue weighted by Gasteiger charge is 2.10. The Morgan fingerprint density at radius 1 is 1.37 bits per heavy atom. The number of rotatable bonds is 7. The SMILES string of the molecule is CNCC(C)C(=O)NCCOc1ccc(Br)cc1.Cl. The van der Waals surface area contributed by atoms with Crippen LogP contribution in [0.4, 0.5) is 0 Å². The normalized spacial score (nSPS) is 11.3. The molecule has 1 aromatic carbocycles. The van der Waals surface area contributed by atoms with Crippen LogP contribution in [-0.4, -0.2) is 32.7 Å². The van der Waals surface area contributed by atoms with Crippen molar-refractivity contribution in [2.24, 2.45) is 5.92 Å². The van der Waals surface area contributed by atoms with Crippen LogP contribution in [0.5, 0.6) is 5.75 Å². The summed E-state index contributed by atoms with van der Waals surface area (Å²) in [7, 11) is 1.83. The van der Waals surface area contributed by atoms with Crippen LogP contribution in [0.2, 0.25) is 0 Å². The zero-order valence-corrected chi connectivity index (χ0v) is 13.5. The standard InChI is InChI=1S/C13H19BrN2O2.ClH/c1-10(9-15-2)13(17)16-7-8-18-12-5-3-11(14)4-6-12;/h3-6,10,15H,7-9H2,1-2H3,(H,16,17);1H. The zero-order valence-electron chi connectivity index (χ0n) is 11.1. The van der Waals surface area contributed by atoms with Crippen molar-refractivity contribution in [2.45, 2.75) is 6.92 Å². The predicted octanol–water partition coefficient (Wildman–Crippen LogP) is 2.22. The first-order valence-corrected chi connectivity index (χ1v) is 6.73. The zero-order chi connectivity index (χ0) is 13.4. The van der Waals surface area contributed by atoms with E-state index in [1.54, 1.807) is 0 Å². The Labute approximate surface area is 128 Å². The summed E-state index contributed by atoms with van der Waals surface area (Å²) < 4.78 is 6.52. The fourth-order valence-corrected chi connectivity index (χ4v) is 1.71. The van der Waals surface area contributed by atoms with E-state index < -0.39 is 0 Å². The Hall–Kier alpha value is -0.780. The van der Waals surface area contributed by atoms with Gasteiger partial charge in [0.2, 0.25) is 5.91 Å². The third kappa shape index (κ3) is 7.40. The number of carbonyl (C=O) groups is 1. The number of hydrogen-bond donors (Lipinski definition) is 2. The molecule has 0 heterocycles. The minimum atomic E-state index is -0.0253. The first-order chi connectivity index (χ1) is 8.63. The lowest BCUT2D eigenvalue weighted by Crippen LogP contribution is -2.36. The average molecular weight is 352 g/mol. The molecule has 0 aliphatic carbocycles. The molecule has 1 aromatic rings. The van der Waals surface area contributed by atoms with E-state index in [1.807, 2.05) is 38.2 Å². The molecule has 0 saturated heterocycles. The highest BCUT2D eigenvalue weighted by atomic mass is 79.9. The smallest absolute Gasteiger partial charge is 0.224 e. The van der Waals surface area contributed by atoms with Gasteiger partial charge in [-0.05, 0) is 31.3 Å². The average Bonchev–Trinajstić information content (AvgIpc) is 2.36. The minimum absolute atomic E-state index is 0. The fraction of sp³-hybridized carbons (Fsp3) is 0.462. The third-order valence-electron chi connectivity index (χ3n) is 2.44. The molecule has 0 aromatic heterocycles. The summed E-state index contributed by atoms with van der Waals surface area (Å²) in [5, 5.41) is 5.81. The predicted molar refractivity (Wildman–Crippen MR) is 83.0 cm³/mol. The molecule has 19 heavy (non-hydrogen) atoms. The molecule has 2 N–H and O–H groups in total.